The summed E-state index contributed by atoms with van der Waals surface area (Å²) < 4.78 is 28.5. The van der Waals surface area contributed by atoms with Crippen molar-refractivity contribution in [3.05, 3.63) is 94.5 Å². The molecule has 3 rings (SSSR count). The van der Waals surface area contributed by atoms with Gasteiger partial charge >= 0.3 is 0 Å². The van der Waals surface area contributed by atoms with E-state index >= 15 is 0 Å². The van der Waals surface area contributed by atoms with Gasteiger partial charge in [-0.25, -0.2) is 8.42 Å². The van der Waals surface area contributed by atoms with Crippen molar-refractivity contribution >= 4 is 50.7 Å². The molecule has 10 heteroatoms. The van der Waals surface area contributed by atoms with Gasteiger partial charge in [-0.1, -0.05) is 85.1 Å². The van der Waals surface area contributed by atoms with E-state index in [2.05, 4.69) is 5.32 Å². The van der Waals surface area contributed by atoms with E-state index in [0.717, 1.165) is 22.7 Å². The Morgan fingerprint density at radius 2 is 1.59 bits per heavy atom. The summed E-state index contributed by atoms with van der Waals surface area (Å²) in [5, 5.41) is 3.25. The molecule has 0 aliphatic rings. The molecule has 0 aliphatic carbocycles. The minimum Gasteiger partial charge on any atom is -0.354 e. The van der Waals surface area contributed by atoms with Crippen molar-refractivity contribution in [2.75, 3.05) is 23.9 Å². The van der Waals surface area contributed by atoms with E-state index in [9.17, 15) is 18.0 Å². The average Bonchev–Trinajstić information content (AvgIpc) is 2.94. The van der Waals surface area contributed by atoms with Crippen molar-refractivity contribution in [2.45, 2.75) is 44.0 Å². The van der Waals surface area contributed by atoms with Crippen molar-refractivity contribution in [3.8, 4) is 0 Å². The molecular weight excluding hydrogens is 557 g/mol. The first kappa shape index (κ1) is 30.5. The van der Waals surface area contributed by atoms with Gasteiger partial charge in [-0.15, -0.1) is 0 Å². The van der Waals surface area contributed by atoms with E-state index < -0.39 is 28.5 Å². The second kappa shape index (κ2) is 14.4. The predicted octanol–water partition coefficient (Wildman–Crippen LogP) is 5.56. The van der Waals surface area contributed by atoms with Gasteiger partial charge in [-0.2, -0.15) is 0 Å². The van der Waals surface area contributed by atoms with Crippen molar-refractivity contribution in [1.82, 2.24) is 10.2 Å². The molecule has 0 radical (unpaired) electrons. The zero-order chi connectivity index (χ0) is 28.4. The first-order valence-electron chi connectivity index (χ1n) is 12.8. The average molecular weight is 591 g/mol. The number of carbonyl (C=O) groups excluding carboxylic acids is 2. The van der Waals surface area contributed by atoms with Gasteiger partial charge in [0.1, 0.15) is 12.6 Å². The van der Waals surface area contributed by atoms with E-state index in [1.54, 1.807) is 25.1 Å². The lowest BCUT2D eigenvalue weighted by molar-refractivity contribution is -0.138. The zero-order valence-corrected chi connectivity index (χ0v) is 24.3. The molecule has 7 nitrogen and oxygen atoms in total. The molecule has 0 aromatic heterocycles. The highest BCUT2D eigenvalue weighted by Gasteiger charge is 2.33. The van der Waals surface area contributed by atoms with Crippen LogP contribution in [-0.2, 0) is 26.0 Å². The van der Waals surface area contributed by atoms with Gasteiger partial charge < -0.3 is 10.2 Å². The maximum absolute atomic E-state index is 13.9. The van der Waals surface area contributed by atoms with E-state index in [1.807, 2.05) is 37.3 Å². The summed E-state index contributed by atoms with van der Waals surface area (Å²) in [5.41, 5.74) is 1.06. The molecule has 0 saturated carbocycles. The molecule has 0 fully saturated rings. The van der Waals surface area contributed by atoms with Crippen LogP contribution in [0.5, 0.6) is 0 Å². The van der Waals surface area contributed by atoms with Crippen LogP contribution in [0.3, 0.4) is 0 Å². The topological polar surface area (TPSA) is 86.8 Å². The number of anilines is 1. The van der Waals surface area contributed by atoms with Crippen molar-refractivity contribution in [3.63, 3.8) is 0 Å². The molecule has 39 heavy (non-hydrogen) atoms. The van der Waals surface area contributed by atoms with Gasteiger partial charge in [-0.3, -0.25) is 13.9 Å². The van der Waals surface area contributed by atoms with Gasteiger partial charge in [0.25, 0.3) is 10.0 Å². The summed E-state index contributed by atoms with van der Waals surface area (Å²) in [7, 11) is -4.21. The normalized spacial score (nSPS) is 12.0. The van der Waals surface area contributed by atoms with E-state index in [-0.39, 0.29) is 33.1 Å². The third-order valence-electron chi connectivity index (χ3n) is 6.27. The van der Waals surface area contributed by atoms with Crippen LogP contribution >= 0.6 is 23.2 Å². The van der Waals surface area contributed by atoms with Gasteiger partial charge in [-0.05, 0) is 55.7 Å². The Kier molecular flexibility index (Phi) is 11.2. The molecule has 0 heterocycles. The number of benzene rings is 3. The number of nitrogens with zero attached hydrogens (tertiary/aromatic N) is 2. The fourth-order valence-corrected chi connectivity index (χ4v) is 5.90. The maximum Gasteiger partial charge on any atom is 0.264 e. The van der Waals surface area contributed by atoms with Gasteiger partial charge in [0.2, 0.25) is 11.8 Å². The smallest absolute Gasteiger partial charge is 0.264 e. The Labute approximate surface area is 240 Å². The summed E-state index contributed by atoms with van der Waals surface area (Å²) in [5.74, 6) is -0.845. The molecule has 0 spiro atoms. The summed E-state index contributed by atoms with van der Waals surface area (Å²) in [6.45, 7) is 3.81. The Balaban J connectivity index is 1.97. The summed E-state index contributed by atoms with van der Waals surface area (Å²) in [6, 6.07) is 21.0. The highest BCUT2D eigenvalue weighted by atomic mass is 35.5. The minimum absolute atomic E-state index is 0.00460. The van der Waals surface area contributed by atoms with Crippen LogP contribution in [0.1, 0.15) is 32.3 Å². The first-order valence-corrected chi connectivity index (χ1v) is 15.0. The number of hydrogen-bond acceptors (Lipinski definition) is 4. The van der Waals surface area contributed by atoms with Crippen LogP contribution in [0.4, 0.5) is 5.69 Å². The molecule has 3 aromatic carbocycles. The molecule has 0 unspecified atom stereocenters. The molecule has 2 amide bonds. The molecular formula is C29H33Cl2N3O4S. The summed E-state index contributed by atoms with van der Waals surface area (Å²) >= 11 is 12.6. The minimum atomic E-state index is -4.21. The van der Waals surface area contributed by atoms with Crippen molar-refractivity contribution < 1.29 is 18.0 Å². The Morgan fingerprint density at radius 1 is 0.949 bits per heavy atom. The van der Waals surface area contributed by atoms with E-state index in [0.29, 0.717) is 13.0 Å². The van der Waals surface area contributed by atoms with Crippen molar-refractivity contribution in [1.29, 1.82) is 0 Å². The lowest BCUT2D eigenvalue weighted by Crippen LogP contribution is -2.52. The first-order chi connectivity index (χ1) is 18.6. The predicted molar refractivity (Wildman–Crippen MR) is 157 cm³/mol. The fourth-order valence-electron chi connectivity index (χ4n) is 4.02. The number of halogens is 2. The quantitative estimate of drug-likeness (QED) is 0.264. The Bertz CT molecular complexity index is 1360. The second-order valence-corrected chi connectivity index (χ2v) is 11.8. The third-order valence-corrected chi connectivity index (χ3v) is 8.60. The van der Waals surface area contributed by atoms with Crippen molar-refractivity contribution in [2.24, 2.45) is 0 Å². The molecule has 208 valence electrons. The molecule has 1 atom stereocenters. The largest absolute Gasteiger partial charge is 0.354 e. The van der Waals surface area contributed by atoms with Crippen LogP contribution in [0.2, 0.25) is 10.0 Å². The third kappa shape index (κ3) is 8.21. The zero-order valence-electron chi connectivity index (χ0n) is 22.0. The van der Waals surface area contributed by atoms with Crippen LogP contribution in [0, 0.1) is 0 Å². The number of rotatable bonds is 13. The lowest BCUT2D eigenvalue weighted by atomic mass is 10.1. The fraction of sp³-hybridized carbons (Fsp3) is 0.310. The van der Waals surface area contributed by atoms with E-state index in [4.69, 9.17) is 23.2 Å². The highest BCUT2D eigenvalue weighted by Crippen LogP contribution is 2.33. The van der Waals surface area contributed by atoms with Gasteiger partial charge in [0, 0.05) is 18.1 Å². The second-order valence-electron chi connectivity index (χ2n) is 9.06. The Morgan fingerprint density at radius 3 is 2.23 bits per heavy atom. The number of sulfonamides is 1. The van der Waals surface area contributed by atoms with Gasteiger partial charge in [0.05, 0.1) is 15.6 Å². The molecule has 0 aliphatic heterocycles. The number of carbonyl (C=O) groups is 2. The van der Waals surface area contributed by atoms with Crippen LogP contribution < -0.4 is 9.62 Å². The SMILES string of the molecule is CCCCNC(=O)[C@@H](C)N(CCc1ccccc1)C(=O)CN(c1cc(Cl)ccc1Cl)S(=O)(=O)c1ccccc1. The monoisotopic (exact) mass is 589 g/mol. The van der Waals surface area contributed by atoms with E-state index in [1.165, 1.54) is 35.2 Å². The summed E-state index contributed by atoms with van der Waals surface area (Å²) in [4.78, 5) is 28.2. The number of hydrogen-bond donors (Lipinski definition) is 1. The summed E-state index contributed by atoms with van der Waals surface area (Å²) in [6.07, 6.45) is 2.22. The molecule has 3 aromatic rings. The number of nitrogens with one attached hydrogen (secondary N) is 1. The van der Waals surface area contributed by atoms with Crippen LogP contribution in [-0.4, -0.2) is 50.8 Å². The molecule has 1 N–H and O–H groups in total. The van der Waals surface area contributed by atoms with Crippen LogP contribution in [0.25, 0.3) is 0 Å². The standard InChI is InChI=1S/C29H33Cl2N3O4S/c1-3-4-18-32-29(36)22(2)33(19-17-23-11-7-5-8-12-23)28(35)21-34(27-20-24(30)15-16-26(27)31)39(37,38)25-13-9-6-10-14-25/h5-16,20,22H,3-4,17-19,21H2,1-2H3,(H,32,36)/t22-/m1/s1. The molecule has 0 bridgehead atoms. The Hall–Kier alpha value is -3.07. The van der Waals surface area contributed by atoms with Crippen LogP contribution in [0.15, 0.2) is 83.8 Å². The number of amides is 2. The number of unbranched alkanes of at least 4 members (excludes halogenated alkanes) is 1. The maximum atomic E-state index is 13.9. The van der Waals surface area contributed by atoms with Gasteiger partial charge in [0.15, 0.2) is 0 Å². The lowest BCUT2D eigenvalue weighted by Gasteiger charge is -2.32. The highest BCUT2D eigenvalue weighted by molar-refractivity contribution is 7.92. The molecule has 0 saturated heterocycles.